The SMILES string of the molecule is CC(=O)NCC1CN(c2ccc(S)cc2)C(=O)O1. The minimum atomic E-state index is -0.391. The van der Waals surface area contributed by atoms with Crippen molar-refractivity contribution in [1.82, 2.24) is 5.32 Å². The summed E-state index contributed by atoms with van der Waals surface area (Å²) in [5, 5.41) is 2.63. The number of carbonyl (C=O) groups is 2. The van der Waals surface area contributed by atoms with Crippen molar-refractivity contribution in [3.8, 4) is 0 Å². The van der Waals surface area contributed by atoms with Crippen LogP contribution in [0, 0.1) is 0 Å². The van der Waals surface area contributed by atoms with Crippen LogP contribution in [0.5, 0.6) is 0 Å². The van der Waals surface area contributed by atoms with Crippen molar-refractivity contribution in [2.75, 3.05) is 18.0 Å². The number of nitrogens with one attached hydrogen (secondary N) is 1. The van der Waals surface area contributed by atoms with Crippen molar-refractivity contribution < 1.29 is 14.3 Å². The van der Waals surface area contributed by atoms with Gasteiger partial charge < -0.3 is 10.1 Å². The summed E-state index contributed by atoms with van der Waals surface area (Å²) in [6, 6.07) is 7.24. The first-order chi connectivity index (χ1) is 8.56. The second-order valence-corrected chi connectivity index (χ2v) is 4.59. The molecule has 18 heavy (non-hydrogen) atoms. The molecule has 0 saturated carbocycles. The van der Waals surface area contributed by atoms with Gasteiger partial charge in [-0.2, -0.15) is 0 Å². The molecule has 1 saturated heterocycles. The highest BCUT2D eigenvalue weighted by Crippen LogP contribution is 2.22. The summed E-state index contributed by atoms with van der Waals surface area (Å²) in [4.78, 5) is 24.9. The van der Waals surface area contributed by atoms with Crippen molar-refractivity contribution in [3.05, 3.63) is 24.3 Å². The van der Waals surface area contributed by atoms with E-state index in [1.807, 2.05) is 24.3 Å². The molecule has 6 heteroatoms. The van der Waals surface area contributed by atoms with E-state index in [9.17, 15) is 9.59 Å². The van der Waals surface area contributed by atoms with Gasteiger partial charge in [0.25, 0.3) is 0 Å². The number of cyclic esters (lactones) is 1. The van der Waals surface area contributed by atoms with Crippen LogP contribution in [0.15, 0.2) is 29.2 Å². The van der Waals surface area contributed by atoms with E-state index < -0.39 is 6.09 Å². The van der Waals surface area contributed by atoms with E-state index in [0.717, 1.165) is 10.6 Å². The standard InChI is InChI=1S/C12H14N2O3S/c1-8(15)13-6-10-7-14(12(16)17-10)9-2-4-11(18)5-3-9/h2-5,10,18H,6-7H2,1H3,(H,13,15). The average molecular weight is 266 g/mol. The topological polar surface area (TPSA) is 58.6 Å². The third-order valence-electron chi connectivity index (χ3n) is 2.61. The molecule has 0 aromatic heterocycles. The molecule has 2 rings (SSSR count). The number of amides is 2. The van der Waals surface area contributed by atoms with E-state index >= 15 is 0 Å². The van der Waals surface area contributed by atoms with Crippen LogP contribution in [0.4, 0.5) is 10.5 Å². The Morgan fingerprint density at radius 3 is 2.78 bits per heavy atom. The first-order valence-electron chi connectivity index (χ1n) is 5.58. The number of ether oxygens (including phenoxy) is 1. The molecular weight excluding hydrogens is 252 g/mol. The molecule has 1 aliphatic rings. The number of benzene rings is 1. The van der Waals surface area contributed by atoms with Gasteiger partial charge >= 0.3 is 6.09 Å². The quantitative estimate of drug-likeness (QED) is 0.814. The lowest BCUT2D eigenvalue weighted by Crippen LogP contribution is -2.33. The molecule has 1 N–H and O–H groups in total. The molecule has 5 nitrogen and oxygen atoms in total. The van der Waals surface area contributed by atoms with Gasteiger partial charge in [0.2, 0.25) is 5.91 Å². The third-order valence-corrected chi connectivity index (χ3v) is 2.91. The summed E-state index contributed by atoms with van der Waals surface area (Å²) >= 11 is 4.19. The Bertz CT molecular complexity index is 461. The largest absolute Gasteiger partial charge is 0.442 e. The summed E-state index contributed by atoms with van der Waals surface area (Å²) < 4.78 is 5.16. The summed E-state index contributed by atoms with van der Waals surface area (Å²) in [7, 11) is 0. The van der Waals surface area contributed by atoms with Crippen molar-refractivity contribution in [3.63, 3.8) is 0 Å². The maximum atomic E-state index is 11.7. The van der Waals surface area contributed by atoms with Crippen LogP contribution in [0.25, 0.3) is 0 Å². The maximum absolute atomic E-state index is 11.7. The van der Waals surface area contributed by atoms with E-state index in [0.29, 0.717) is 13.1 Å². The molecule has 1 fully saturated rings. The highest BCUT2D eigenvalue weighted by atomic mass is 32.1. The third kappa shape index (κ3) is 2.95. The van der Waals surface area contributed by atoms with Gasteiger partial charge in [0.15, 0.2) is 0 Å². The van der Waals surface area contributed by atoms with Gasteiger partial charge in [0, 0.05) is 17.5 Å². The number of carbonyl (C=O) groups excluding carboxylic acids is 2. The van der Waals surface area contributed by atoms with E-state index in [4.69, 9.17) is 4.74 Å². The molecule has 1 aliphatic heterocycles. The van der Waals surface area contributed by atoms with Crippen molar-refractivity contribution in [2.45, 2.75) is 17.9 Å². The molecule has 0 bridgehead atoms. The molecule has 0 spiro atoms. The van der Waals surface area contributed by atoms with Gasteiger partial charge in [-0.25, -0.2) is 4.79 Å². The lowest BCUT2D eigenvalue weighted by Gasteiger charge is -2.12. The second kappa shape index (κ2) is 5.30. The van der Waals surface area contributed by atoms with Crippen LogP contribution in [-0.2, 0) is 9.53 Å². The maximum Gasteiger partial charge on any atom is 0.414 e. The summed E-state index contributed by atoms with van der Waals surface area (Å²) in [5.41, 5.74) is 0.767. The van der Waals surface area contributed by atoms with E-state index in [-0.39, 0.29) is 12.0 Å². The van der Waals surface area contributed by atoms with Crippen LogP contribution in [0.2, 0.25) is 0 Å². The molecule has 1 aromatic rings. The Kier molecular flexibility index (Phi) is 3.76. The van der Waals surface area contributed by atoms with Crippen LogP contribution >= 0.6 is 12.6 Å². The molecule has 96 valence electrons. The second-order valence-electron chi connectivity index (χ2n) is 4.07. The molecular formula is C12H14N2O3S. The van der Waals surface area contributed by atoms with Gasteiger partial charge in [0.05, 0.1) is 13.1 Å². The van der Waals surface area contributed by atoms with E-state index in [1.165, 1.54) is 6.92 Å². The first kappa shape index (κ1) is 12.8. The van der Waals surface area contributed by atoms with Crippen LogP contribution in [0.3, 0.4) is 0 Å². The van der Waals surface area contributed by atoms with Gasteiger partial charge in [-0.3, -0.25) is 9.69 Å². The minimum absolute atomic E-state index is 0.135. The average Bonchev–Trinajstić information content (AvgIpc) is 2.69. The molecule has 1 unspecified atom stereocenters. The molecule has 1 heterocycles. The lowest BCUT2D eigenvalue weighted by atomic mass is 10.2. The van der Waals surface area contributed by atoms with Gasteiger partial charge in [-0.1, -0.05) is 0 Å². The van der Waals surface area contributed by atoms with E-state index in [2.05, 4.69) is 17.9 Å². The minimum Gasteiger partial charge on any atom is -0.442 e. The van der Waals surface area contributed by atoms with Crippen molar-refractivity contribution in [1.29, 1.82) is 0 Å². The van der Waals surface area contributed by atoms with Gasteiger partial charge in [0.1, 0.15) is 6.10 Å². The number of hydrogen-bond acceptors (Lipinski definition) is 4. The van der Waals surface area contributed by atoms with Gasteiger partial charge in [-0.15, -0.1) is 12.6 Å². The summed E-state index contributed by atoms with van der Waals surface area (Å²) in [5.74, 6) is -0.135. The van der Waals surface area contributed by atoms with Crippen molar-refractivity contribution >= 4 is 30.3 Å². The molecule has 1 atom stereocenters. The fourth-order valence-electron chi connectivity index (χ4n) is 1.73. The zero-order chi connectivity index (χ0) is 13.1. The summed E-state index contributed by atoms with van der Waals surface area (Å²) in [6.07, 6.45) is -0.700. The normalized spacial score (nSPS) is 18.7. The van der Waals surface area contributed by atoms with Crippen LogP contribution in [0.1, 0.15) is 6.92 Å². The predicted molar refractivity (Wildman–Crippen MR) is 70.0 cm³/mol. The zero-order valence-corrected chi connectivity index (χ0v) is 10.8. The number of rotatable bonds is 3. The fraction of sp³-hybridized carbons (Fsp3) is 0.333. The Labute approximate surface area is 111 Å². The molecule has 0 radical (unpaired) electrons. The molecule has 1 aromatic carbocycles. The molecule has 0 aliphatic carbocycles. The summed E-state index contributed by atoms with van der Waals surface area (Å²) in [6.45, 7) is 2.20. The molecule has 2 amide bonds. The van der Waals surface area contributed by atoms with E-state index in [1.54, 1.807) is 4.90 Å². The lowest BCUT2D eigenvalue weighted by molar-refractivity contribution is -0.119. The fourth-order valence-corrected chi connectivity index (χ4v) is 1.88. The highest BCUT2D eigenvalue weighted by molar-refractivity contribution is 7.80. The number of nitrogens with zero attached hydrogens (tertiary/aromatic N) is 1. The van der Waals surface area contributed by atoms with Crippen LogP contribution < -0.4 is 10.2 Å². The Morgan fingerprint density at radius 1 is 1.50 bits per heavy atom. The monoisotopic (exact) mass is 266 g/mol. The number of hydrogen-bond donors (Lipinski definition) is 2. The van der Waals surface area contributed by atoms with Crippen LogP contribution in [-0.4, -0.2) is 31.2 Å². The number of anilines is 1. The Balaban J connectivity index is 2.00. The first-order valence-corrected chi connectivity index (χ1v) is 6.02. The Hall–Kier alpha value is -1.69. The van der Waals surface area contributed by atoms with Gasteiger partial charge in [-0.05, 0) is 24.3 Å². The highest BCUT2D eigenvalue weighted by Gasteiger charge is 2.32. The predicted octanol–water partition coefficient (Wildman–Crippen LogP) is 1.44. The van der Waals surface area contributed by atoms with Crippen molar-refractivity contribution in [2.24, 2.45) is 0 Å². The smallest absolute Gasteiger partial charge is 0.414 e. The zero-order valence-electron chi connectivity index (χ0n) is 9.92. The Morgan fingerprint density at radius 2 is 2.17 bits per heavy atom. The number of thiol groups is 1.